The monoisotopic (exact) mass is 653 g/mol. The molecule has 7 atom stereocenters. The van der Waals surface area contributed by atoms with Gasteiger partial charge in [0, 0.05) is 11.1 Å². The van der Waals surface area contributed by atoms with E-state index in [2.05, 4.69) is 10.3 Å². The van der Waals surface area contributed by atoms with E-state index in [4.69, 9.17) is 23.7 Å². The zero-order valence-corrected chi connectivity index (χ0v) is 25.1. The fourth-order valence-electron chi connectivity index (χ4n) is 5.54. The lowest BCUT2D eigenvalue weighted by Crippen LogP contribution is -2.63. The summed E-state index contributed by atoms with van der Waals surface area (Å²) in [5.41, 5.74) is 0.650. The molecule has 0 bridgehead atoms. The number of aromatic nitrogens is 3. The Morgan fingerprint density at radius 2 is 1.62 bits per heavy atom. The lowest BCUT2D eigenvalue weighted by atomic mass is 9.89. The first-order chi connectivity index (χ1) is 22.6. The van der Waals surface area contributed by atoms with Crippen molar-refractivity contribution in [3.8, 4) is 11.3 Å². The second-order valence-electron chi connectivity index (χ2n) is 11.3. The van der Waals surface area contributed by atoms with E-state index in [9.17, 15) is 27.9 Å². The number of halogens is 3. The molecule has 2 saturated heterocycles. The first kappa shape index (κ1) is 32.3. The van der Waals surface area contributed by atoms with Gasteiger partial charge in [0.15, 0.2) is 23.7 Å². The van der Waals surface area contributed by atoms with Gasteiger partial charge >= 0.3 is 11.9 Å². The van der Waals surface area contributed by atoms with Crippen LogP contribution in [0.4, 0.5) is 13.2 Å². The van der Waals surface area contributed by atoms with Crippen LogP contribution in [-0.4, -0.2) is 75.3 Å². The molecule has 246 valence electrons. The van der Waals surface area contributed by atoms with E-state index in [-0.39, 0.29) is 23.4 Å². The van der Waals surface area contributed by atoms with E-state index in [1.807, 2.05) is 6.07 Å². The van der Waals surface area contributed by atoms with E-state index < -0.39 is 78.3 Å². The maximum atomic E-state index is 14.1. The number of rotatable bonds is 8. The molecule has 3 aromatic carbocycles. The largest absolute Gasteiger partial charge is 0.460 e. The van der Waals surface area contributed by atoms with Crippen molar-refractivity contribution in [2.45, 2.75) is 62.8 Å². The van der Waals surface area contributed by atoms with Crippen molar-refractivity contribution in [1.29, 1.82) is 0 Å². The molecular weight excluding hydrogens is 623 g/mol. The van der Waals surface area contributed by atoms with Gasteiger partial charge in [-0.3, -0.25) is 0 Å². The van der Waals surface area contributed by atoms with E-state index in [0.29, 0.717) is 5.56 Å². The van der Waals surface area contributed by atoms with Gasteiger partial charge in [-0.25, -0.2) is 27.4 Å². The van der Waals surface area contributed by atoms with Gasteiger partial charge in [-0.15, -0.1) is 5.10 Å². The van der Waals surface area contributed by atoms with Crippen molar-refractivity contribution < 1.29 is 51.6 Å². The smallest absolute Gasteiger partial charge is 0.350 e. The van der Waals surface area contributed by atoms with Crippen molar-refractivity contribution in [2.24, 2.45) is 0 Å². The number of hydrogen-bond donors (Lipinski definition) is 1. The highest BCUT2D eigenvalue weighted by atomic mass is 19.2. The van der Waals surface area contributed by atoms with Gasteiger partial charge in [0.2, 0.25) is 6.10 Å². The van der Waals surface area contributed by atoms with Crippen molar-refractivity contribution in [2.75, 3.05) is 6.61 Å². The summed E-state index contributed by atoms with van der Waals surface area (Å²) in [7, 11) is 0. The highest BCUT2D eigenvalue weighted by molar-refractivity contribution is 5.91. The lowest BCUT2D eigenvalue weighted by Gasteiger charge is -2.48. The molecule has 0 aliphatic carbocycles. The van der Waals surface area contributed by atoms with Gasteiger partial charge in [-0.2, -0.15) is 0 Å². The highest BCUT2D eigenvalue weighted by Gasteiger charge is 2.55. The molecule has 14 heteroatoms. The van der Waals surface area contributed by atoms with Gasteiger partial charge in [-0.1, -0.05) is 53.7 Å². The van der Waals surface area contributed by atoms with E-state index in [0.717, 1.165) is 12.1 Å². The molecule has 0 spiro atoms. The predicted molar refractivity (Wildman–Crippen MR) is 156 cm³/mol. The maximum Gasteiger partial charge on any atom is 0.350 e. The Bertz CT molecular complexity index is 1700. The second-order valence-corrected chi connectivity index (χ2v) is 11.3. The number of esters is 2. The number of nitrogens with zero attached hydrogens (tertiary/aromatic N) is 3. The molecular formula is C33H30F3N3O8. The number of benzene rings is 3. The maximum absolute atomic E-state index is 14.1. The van der Waals surface area contributed by atoms with Gasteiger partial charge < -0.3 is 28.8 Å². The van der Waals surface area contributed by atoms with Crippen molar-refractivity contribution in [3.05, 3.63) is 108 Å². The molecule has 0 saturated carbocycles. The quantitative estimate of drug-likeness (QED) is 0.217. The molecule has 1 N–H and O–H groups in total. The normalized spacial score (nSPS) is 24.7. The molecule has 2 fully saturated rings. The number of carbonyl (C=O) groups is 2. The van der Waals surface area contributed by atoms with E-state index in [1.54, 1.807) is 56.3 Å². The van der Waals surface area contributed by atoms with Crippen LogP contribution in [0.15, 0.2) is 79.0 Å². The molecule has 11 nitrogen and oxygen atoms in total. The summed E-state index contributed by atoms with van der Waals surface area (Å²) < 4.78 is 72.4. The van der Waals surface area contributed by atoms with Crippen molar-refractivity contribution in [1.82, 2.24) is 15.0 Å². The van der Waals surface area contributed by atoms with Crippen LogP contribution < -0.4 is 0 Å². The summed E-state index contributed by atoms with van der Waals surface area (Å²) in [4.78, 5) is 26.5. The Balaban J connectivity index is 1.38. The minimum atomic E-state index is -1.75. The number of ether oxygens (including phenoxy) is 5. The third-order valence-corrected chi connectivity index (χ3v) is 7.71. The summed E-state index contributed by atoms with van der Waals surface area (Å²) in [6, 6.07) is 17.3. The Morgan fingerprint density at radius 1 is 0.957 bits per heavy atom. The first-order valence-corrected chi connectivity index (χ1v) is 14.8. The zero-order valence-electron chi connectivity index (χ0n) is 25.1. The molecule has 47 heavy (non-hydrogen) atoms. The summed E-state index contributed by atoms with van der Waals surface area (Å²) in [5, 5.41) is 20.0. The van der Waals surface area contributed by atoms with Crippen LogP contribution >= 0.6 is 0 Å². The standard InChI is InChI=1S/C33H30F3N3O8/c1-17(2)44-32(42)30(46-31(41)18-9-5-3-6-10-18)29-27(40)26(28-24(45-29)16-43-33(47-28)19-11-7-4-8-12-19)39-15-23(37-38-39)20-13-21(34)25(36)22(35)14-20/h3-15,17,24,26-30,33,40H,16H2,1-2H3/t24?,26-,27?,28+,29-,30+,33?/m1/s1. The summed E-state index contributed by atoms with van der Waals surface area (Å²) in [6.45, 7) is 3.14. The Labute approximate surface area is 266 Å². The molecule has 3 heterocycles. The number of carbonyl (C=O) groups excluding carboxylic acids is 2. The molecule has 2 aliphatic rings. The second kappa shape index (κ2) is 13.6. The van der Waals surface area contributed by atoms with Crippen LogP contribution in [0.5, 0.6) is 0 Å². The third kappa shape index (κ3) is 6.76. The van der Waals surface area contributed by atoms with Crippen LogP contribution in [0.25, 0.3) is 11.3 Å². The predicted octanol–water partition coefficient (Wildman–Crippen LogP) is 4.32. The van der Waals surface area contributed by atoms with Crippen molar-refractivity contribution >= 4 is 11.9 Å². The molecule has 6 rings (SSSR count). The van der Waals surface area contributed by atoms with E-state index in [1.165, 1.54) is 23.0 Å². The van der Waals surface area contributed by atoms with Gasteiger partial charge in [0.25, 0.3) is 0 Å². The fourth-order valence-corrected chi connectivity index (χ4v) is 5.54. The average Bonchev–Trinajstić information content (AvgIpc) is 3.55. The van der Waals surface area contributed by atoms with Gasteiger partial charge in [0.05, 0.1) is 24.5 Å². The third-order valence-electron chi connectivity index (χ3n) is 7.71. The summed E-state index contributed by atoms with van der Waals surface area (Å²) >= 11 is 0. The molecule has 2 aliphatic heterocycles. The lowest BCUT2D eigenvalue weighted by molar-refractivity contribution is -0.323. The molecule has 0 amide bonds. The summed E-state index contributed by atoms with van der Waals surface area (Å²) in [6.07, 6.45) is -7.05. The van der Waals surface area contributed by atoms with Crippen LogP contribution in [0, 0.1) is 17.5 Å². The molecule has 4 aromatic rings. The summed E-state index contributed by atoms with van der Waals surface area (Å²) in [5.74, 6) is -6.33. The number of aliphatic hydroxyl groups excluding tert-OH is 1. The number of hydrogen-bond acceptors (Lipinski definition) is 10. The first-order valence-electron chi connectivity index (χ1n) is 14.8. The van der Waals surface area contributed by atoms with Crippen LogP contribution in [-0.2, 0) is 28.5 Å². The van der Waals surface area contributed by atoms with Crippen LogP contribution in [0.2, 0.25) is 0 Å². The Kier molecular flexibility index (Phi) is 9.36. The Morgan fingerprint density at radius 3 is 2.28 bits per heavy atom. The van der Waals surface area contributed by atoms with Crippen LogP contribution in [0.3, 0.4) is 0 Å². The number of fused-ring (bicyclic) bond motifs is 1. The molecule has 3 unspecified atom stereocenters. The topological polar surface area (TPSA) is 131 Å². The fraction of sp³-hybridized carbons (Fsp3) is 0.333. The SMILES string of the molecule is CC(C)OC(=O)[C@@H](OC(=O)c1ccccc1)[C@@H]1OC2COC(c3ccccc3)O[C@@H]2[C@H](n2cc(-c3cc(F)c(F)c(F)c3)nn2)C1O. The van der Waals surface area contributed by atoms with Crippen molar-refractivity contribution in [3.63, 3.8) is 0 Å². The highest BCUT2D eigenvalue weighted by Crippen LogP contribution is 2.41. The van der Waals surface area contributed by atoms with Gasteiger partial charge in [-0.05, 0) is 38.1 Å². The Hall–Kier alpha value is -4.63. The van der Waals surface area contributed by atoms with Gasteiger partial charge in [0.1, 0.15) is 36.2 Å². The van der Waals surface area contributed by atoms with E-state index >= 15 is 0 Å². The minimum absolute atomic E-state index is 0.0486. The molecule has 0 radical (unpaired) electrons. The minimum Gasteiger partial charge on any atom is -0.460 e. The van der Waals surface area contributed by atoms with Crippen LogP contribution in [0.1, 0.15) is 42.1 Å². The average molecular weight is 654 g/mol. The molecule has 1 aromatic heterocycles. The number of aliphatic hydroxyl groups is 1. The zero-order chi connectivity index (χ0) is 33.2.